The van der Waals surface area contributed by atoms with Gasteiger partial charge in [-0.15, -0.1) is 11.3 Å². The van der Waals surface area contributed by atoms with E-state index in [1.807, 2.05) is 4.90 Å². The van der Waals surface area contributed by atoms with Crippen LogP contribution in [0, 0.1) is 11.3 Å². The highest BCUT2D eigenvalue weighted by Gasteiger charge is 2.45. The van der Waals surface area contributed by atoms with E-state index in [1.165, 1.54) is 17.4 Å². The maximum Gasteiger partial charge on any atom is 0.246 e. The highest BCUT2D eigenvalue weighted by molar-refractivity contribution is 7.16. The third kappa shape index (κ3) is 4.94. The first-order valence-corrected chi connectivity index (χ1v) is 15.5. The molecule has 4 aliphatic rings. The normalized spacial score (nSPS) is 26.6. The van der Waals surface area contributed by atoms with E-state index in [2.05, 4.69) is 70.9 Å². The van der Waals surface area contributed by atoms with Crippen molar-refractivity contribution >= 4 is 22.2 Å². The van der Waals surface area contributed by atoms with Crippen molar-refractivity contribution in [3.63, 3.8) is 0 Å². The van der Waals surface area contributed by atoms with Crippen LogP contribution in [0.25, 0.3) is 0 Å². The number of nitriles is 1. The minimum absolute atomic E-state index is 0.0273. The first-order chi connectivity index (χ1) is 20.2. The Morgan fingerprint density at radius 1 is 1.24 bits per heavy atom. The maximum absolute atomic E-state index is 12.2. The molecule has 0 radical (unpaired) electrons. The van der Waals surface area contributed by atoms with Gasteiger partial charge in [0.15, 0.2) is 5.82 Å². The molecule has 222 valence electrons. The molecule has 0 saturated carbocycles. The average Bonchev–Trinajstić information content (AvgIpc) is 3.65. The van der Waals surface area contributed by atoms with Crippen LogP contribution >= 0.6 is 11.3 Å². The second kappa shape index (κ2) is 11.1. The molecule has 5 heterocycles. The predicted molar refractivity (Wildman–Crippen MR) is 161 cm³/mol. The van der Waals surface area contributed by atoms with Gasteiger partial charge in [-0.25, -0.2) is 0 Å². The van der Waals surface area contributed by atoms with Crippen molar-refractivity contribution < 1.29 is 9.32 Å². The molecular formula is C30H39N9O2S. The fourth-order valence-corrected chi connectivity index (χ4v) is 7.75. The molecule has 3 unspecified atom stereocenters. The number of nitrogen functional groups attached to an aromatic ring is 1. The molecule has 1 amide bonds. The summed E-state index contributed by atoms with van der Waals surface area (Å²) in [5, 5.41) is 18.7. The third-order valence-electron chi connectivity index (χ3n) is 9.24. The highest BCUT2D eigenvalue weighted by atomic mass is 32.1. The summed E-state index contributed by atoms with van der Waals surface area (Å²) in [5.74, 6) is 2.42. The van der Waals surface area contributed by atoms with Gasteiger partial charge in [-0.2, -0.15) is 10.2 Å². The largest absolute Gasteiger partial charge is 0.389 e. The molecule has 1 aliphatic carbocycles. The zero-order chi connectivity index (χ0) is 29.6. The van der Waals surface area contributed by atoms with Gasteiger partial charge in [0.1, 0.15) is 22.9 Å². The van der Waals surface area contributed by atoms with E-state index >= 15 is 0 Å². The number of piperazine rings is 2. The maximum atomic E-state index is 12.2. The minimum atomic E-state index is -0.586. The van der Waals surface area contributed by atoms with E-state index in [0.29, 0.717) is 41.3 Å². The first-order valence-electron chi connectivity index (χ1n) is 14.7. The Morgan fingerprint density at radius 3 is 2.64 bits per heavy atom. The quantitative estimate of drug-likeness (QED) is 0.502. The number of nitrogens with two attached hydrogens (primary N) is 1. The van der Waals surface area contributed by atoms with Crippen molar-refractivity contribution in [3.05, 3.63) is 64.0 Å². The summed E-state index contributed by atoms with van der Waals surface area (Å²) in [7, 11) is 2.15. The van der Waals surface area contributed by atoms with Crippen molar-refractivity contribution in [1.29, 1.82) is 5.26 Å². The summed E-state index contributed by atoms with van der Waals surface area (Å²) in [4.78, 5) is 27.2. The van der Waals surface area contributed by atoms with E-state index < -0.39 is 5.41 Å². The smallest absolute Gasteiger partial charge is 0.246 e. The van der Waals surface area contributed by atoms with Crippen LogP contribution in [-0.4, -0.2) is 95.1 Å². The summed E-state index contributed by atoms with van der Waals surface area (Å²) in [6.45, 7) is 14.5. The van der Waals surface area contributed by atoms with Crippen molar-refractivity contribution in [1.82, 2.24) is 35.1 Å². The molecule has 3 atom stereocenters. The summed E-state index contributed by atoms with van der Waals surface area (Å²) >= 11 is 1.51. The third-order valence-corrected chi connectivity index (χ3v) is 10.5. The second-order valence-corrected chi connectivity index (χ2v) is 13.1. The molecule has 6 rings (SSSR count). The lowest BCUT2D eigenvalue weighted by molar-refractivity contribution is -0.127. The van der Waals surface area contributed by atoms with Gasteiger partial charge in [0.05, 0.1) is 11.0 Å². The number of hydrogen-bond donors (Lipinski definition) is 2. The number of anilines is 1. The monoisotopic (exact) mass is 589 g/mol. The number of nitrogens with one attached hydrogen (secondary N) is 1. The topological polar surface area (TPSA) is 131 Å². The number of aromatic nitrogens is 2. The number of thiophene rings is 1. The van der Waals surface area contributed by atoms with E-state index in [4.69, 9.17) is 15.2 Å². The average molecular weight is 590 g/mol. The highest BCUT2D eigenvalue weighted by Crippen LogP contribution is 2.52. The summed E-state index contributed by atoms with van der Waals surface area (Å²) in [6.07, 6.45) is 7.49. The van der Waals surface area contributed by atoms with Gasteiger partial charge in [0.25, 0.3) is 0 Å². The van der Waals surface area contributed by atoms with Crippen LogP contribution < -0.4 is 11.1 Å². The van der Waals surface area contributed by atoms with Crippen LogP contribution in [-0.2, 0) is 10.2 Å². The van der Waals surface area contributed by atoms with Gasteiger partial charge in [0, 0.05) is 74.6 Å². The van der Waals surface area contributed by atoms with Crippen LogP contribution in [0.3, 0.4) is 0 Å². The van der Waals surface area contributed by atoms with Crippen LogP contribution in [0.5, 0.6) is 0 Å². The van der Waals surface area contributed by atoms with E-state index in [9.17, 15) is 10.1 Å². The van der Waals surface area contributed by atoms with Gasteiger partial charge in [-0.3, -0.25) is 4.79 Å². The number of likely N-dealkylation sites (N-methyl/N-ethyl adjacent to an activating group) is 1. The van der Waals surface area contributed by atoms with E-state index in [0.717, 1.165) is 74.1 Å². The van der Waals surface area contributed by atoms with Crippen LogP contribution in [0.2, 0.25) is 0 Å². The van der Waals surface area contributed by atoms with Crippen LogP contribution in [0.1, 0.15) is 66.4 Å². The molecule has 0 aromatic carbocycles. The molecule has 11 nitrogen and oxygen atoms in total. The SMILES string of the molecule is C=CC(=O)N1CCN(C2=CC(c3noc(C4(C)CCC(C)c5sc(N)c(C#N)c54)n3)NC(N3CCN(C)CC3)=C2)CC1. The number of amides is 1. The predicted octanol–water partition coefficient (Wildman–Crippen LogP) is 2.74. The number of allylic oxidation sites excluding steroid dienone is 1. The van der Waals surface area contributed by atoms with E-state index in [1.54, 1.807) is 0 Å². The Hall–Kier alpha value is -3.82. The minimum Gasteiger partial charge on any atom is -0.389 e. The number of hydrogen-bond acceptors (Lipinski definition) is 11. The van der Waals surface area contributed by atoms with Crippen molar-refractivity contribution in [2.24, 2.45) is 0 Å². The summed E-state index contributed by atoms with van der Waals surface area (Å²) in [5.41, 5.74) is 8.28. The number of dihydropyridines is 1. The molecule has 3 aliphatic heterocycles. The molecule has 42 heavy (non-hydrogen) atoms. The number of carbonyl (C=O) groups is 1. The lowest BCUT2D eigenvalue weighted by Crippen LogP contribution is -2.50. The lowest BCUT2D eigenvalue weighted by atomic mass is 9.69. The molecule has 12 heteroatoms. The van der Waals surface area contributed by atoms with Gasteiger partial charge in [-0.05, 0) is 44.9 Å². The number of carbonyl (C=O) groups excluding carboxylic acids is 1. The molecule has 0 spiro atoms. The fraction of sp³-hybridized carbons (Fsp3) is 0.533. The number of nitrogens with zero attached hydrogens (tertiary/aromatic N) is 7. The Balaban J connectivity index is 1.31. The summed E-state index contributed by atoms with van der Waals surface area (Å²) in [6, 6.07) is 2.05. The zero-order valence-corrected chi connectivity index (χ0v) is 25.4. The van der Waals surface area contributed by atoms with Crippen molar-refractivity contribution in [2.75, 3.05) is 65.1 Å². The standard InChI is InChI=1S/C30H39N9O2S/c1-5-24(40)39-14-12-37(13-15-39)20-16-22(33-23(17-20)38-10-8-36(4)9-11-38)28-34-29(41-35-28)30(3)7-6-19(2)26-25(30)21(18-31)27(32)42-26/h5,16-17,19,22,33H,1,6-15,32H2,2-4H3. The molecule has 0 bridgehead atoms. The van der Waals surface area contributed by atoms with Gasteiger partial charge >= 0.3 is 0 Å². The molecule has 3 N–H and O–H groups in total. The second-order valence-electron chi connectivity index (χ2n) is 12.0. The lowest BCUT2D eigenvalue weighted by Gasteiger charge is -2.41. The van der Waals surface area contributed by atoms with Crippen molar-refractivity contribution in [3.8, 4) is 6.07 Å². The zero-order valence-electron chi connectivity index (χ0n) is 24.6. The Morgan fingerprint density at radius 2 is 1.95 bits per heavy atom. The Bertz CT molecular complexity index is 1470. The Labute approximate surface area is 250 Å². The number of rotatable bonds is 5. The fourth-order valence-electron chi connectivity index (χ4n) is 6.51. The molecule has 2 fully saturated rings. The van der Waals surface area contributed by atoms with Crippen LogP contribution in [0.4, 0.5) is 5.00 Å². The van der Waals surface area contributed by atoms with Gasteiger partial charge in [-0.1, -0.05) is 18.7 Å². The van der Waals surface area contributed by atoms with Crippen molar-refractivity contribution in [2.45, 2.75) is 44.1 Å². The Kier molecular flexibility index (Phi) is 7.49. The molecule has 2 saturated heterocycles. The van der Waals surface area contributed by atoms with Gasteiger partial charge < -0.3 is 35.2 Å². The van der Waals surface area contributed by atoms with Crippen LogP contribution in [0.15, 0.2) is 40.8 Å². The molecule has 2 aromatic heterocycles. The van der Waals surface area contributed by atoms with Gasteiger partial charge in [0.2, 0.25) is 11.8 Å². The van der Waals surface area contributed by atoms with E-state index in [-0.39, 0.29) is 11.9 Å². The summed E-state index contributed by atoms with van der Waals surface area (Å²) < 4.78 is 6.01. The molecule has 2 aromatic rings. The molecular weight excluding hydrogens is 550 g/mol. The number of fused-ring (bicyclic) bond motifs is 1. The first kappa shape index (κ1) is 28.3.